The minimum absolute atomic E-state index is 0.401. The molecule has 2 heterocycles. The molecule has 3 rings (SSSR count). The van der Waals surface area contributed by atoms with Gasteiger partial charge in [-0.15, -0.1) is 0 Å². The zero-order valence-electron chi connectivity index (χ0n) is 12.8. The number of furan rings is 1. The average Bonchev–Trinajstić information content (AvgIpc) is 3.19. The lowest BCUT2D eigenvalue weighted by molar-refractivity contribution is 0.503. The fraction of sp³-hybridized carbons (Fsp3) is 0.125. The molecule has 130 valence electrons. The Labute approximate surface area is 164 Å². The molecule has 9 heteroatoms. The number of halogens is 3. The maximum atomic E-state index is 6.21. The first-order chi connectivity index (χ1) is 12.0. The second-order valence-electron chi connectivity index (χ2n) is 5.16. The van der Waals surface area contributed by atoms with Gasteiger partial charge >= 0.3 is 0 Å². The Hall–Kier alpha value is -1.73. The van der Waals surface area contributed by atoms with Crippen molar-refractivity contribution < 1.29 is 4.42 Å². The van der Waals surface area contributed by atoms with Crippen molar-refractivity contribution in [3.8, 4) is 0 Å². The number of hydrogen-bond acceptors (Lipinski definition) is 3. The van der Waals surface area contributed by atoms with Gasteiger partial charge in [0.1, 0.15) is 10.8 Å². The second kappa shape index (κ2) is 8.10. The van der Waals surface area contributed by atoms with Crippen LogP contribution >= 0.6 is 47.0 Å². The Morgan fingerprint density at radius 1 is 1.16 bits per heavy atom. The molecule has 2 aromatic heterocycles. The molecule has 0 bridgehead atoms. The lowest BCUT2D eigenvalue weighted by Crippen LogP contribution is -2.28. The SMILES string of the molecule is S=C(NCc1ccco1)Nc1nn(Cc2ccc(Cl)c(Cl)c2)cc1Cl. The van der Waals surface area contributed by atoms with Crippen LogP contribution in [0.3, 0.4) is 0 Å². The summed E-state index contributed by atoms with van der Waals surface area (Å²) in [5.74, 6) is 1.25. The third-order valence-corrected chi connectivity index (χ3v) is 4.54. The first-order valence-electron chi connectivity index (χ1n) is 7.25. The van der Waals surface area contributed by atoms with Gasteiger partial charge in [0.25, 0.3) is 0 Å². The lowest BCUT2D eigenvalue weighted by Gasteiger charge is -2.07. The number of hydrogen-bond donors (Lipinski definition) is 2. The zero-order valence-corrected chi connectivity index (χ0v) is 15.9. The minimum atomic E-state index is 0.401. The van der Waals surface area contributed by atoms with Crippen molar-refractivity contribution in [3.63, 3.8) is 0 Å². The number of aromatic nitrogens is 2. The van der Waals surface area contributed by atoms with E-state index in [2.05, 4.69) is 15.7 Å². The maximum absolute atomic E-state index is 6.21. The molecule has 0 spiro atoms. The van der Waals surface area contributed by atoms with E-state index in [1.165, 1.54) is 0 Å². The van der Waals surface area contributed by atoms with E-state index in [0.29, 0.717) is 39.1 Å². The van der Waals surface area contributed by atoms with Gasteiger partial charge in [0.15, 0.2) is 10.9 Å². The molecule has 3 aromatic rings. The molecule has 0 fully saturated rings. The first kappa shape index (κ1) is 18.1. The second-order valence-corrected chi connectivity index (χ2v) is 6.79. The summed E-state index contributed by atoms with van der Waals surface area (Å²) in [4.78, 5) is 0. The number of benzene rings is 1. The predicted molar refractivity (Wildman–Crippen MR) is 105 cm³/mol. The molecule has 5 nitrogen and oxygen atoms in total. The molecule has 0 saturated heterocycles. The van der Waals surface area contributed by atoms with Gasteiger partial charge in [0, 0.05) is 6.20 Å². The van der Waals surface area contributed by atoms with Gasteiger partial charge < -0.3 is 15.1 Å². The van der Waals surface area contributed by atoms with Crippen molar-refractivity contribution in [1.82, 2.24) is 15.1 Å². The normalized spacial score (nSPS) is 10.7. The Kier molecular flexibility index (Phi) is 5.86. The van der Waals surface area contributed by atoms with Crippen LogP contribution in [0, 0.1) is 0 Å². The Balaban J connectivity index is 1.61. The quantitative estimate of drug-likeness (QED) is 0.576. The van der Waals surface area contributed by atoms with Crippen molar-refractivity contribution in [2.24, 2.45) is 0 Å². The summed E-state index contributed by atoms with van der Waals surface area (Å²) < 4.78 is 6.92. The van der Waals surface area contributed by atoms with Crippen molar-refractivity contribution in [3.05, 3.63) is 69.2 Å². The summed E-state index contributed by atoms with van der Waals surface area (Å²) in [7, 11) is 0. The van der Waals surface area contributed by atoms with Crippen molar-refractivity contribution in [2.75, 3.05) is 5.32 Å². The van der Waals surface area contributed by atoms with E-state index in [0.717, 1.165) is 11.3 Å². The smallest absolute Gasteiger partial charge is 0.173 e. The van der Waals surface area contributed by atoms with Crippen molar-refractivity contribution in [1.29, 1.82) is 0 Å². The van der Waals surface area contributed by atoms with E-state index >= 15 is 0 Å². The number of rotatable bonds is 5. The predicted octanol–water partition coefficient (Wildman–Crippen LogP) is 4.97. The van der Waals surface area contributed by atoms with Gasteiger partial charge in [-0.25, -0.2) is 0 Å². The van der Waals surface area contributed by atoms with E-state index in [1.54, 1.807) is 29.3 Å². The summed E-state index contributed by atoms with van der Waals surface area (Å²) in [6.45, 7) is 0.977. The molecule has 0 amide bonds. The Morgan fingerprint density at radius 2 is 2.00 bits per heavy atom. The molecule has 0 atom stereocenters. The maximum Gasteiger partial charge on any atom is 0.173 e. The molecule has 0 radical (unpaired) electrons. The lowest BCUT2D eigenvalue weighted by atomic mass is 10.2. The van der Waals surface area contributed by atoms with Gasteiger partial charge in [0.05, 0.1) is 29.4 Å². The molecule has 0 saturated carbocycles. The monoisotopic (exact) mass is 414 g/mol. The minimum Gasteiger partial charge on any atom is -0.467 e. The third kappa shape index (κ3) is 4.89. The molecule has 0 aliphatic heterocycles. The van der Waals surface area contributed by atoms with E-state index < -0.39 is 0 Å². The van der Waals surface area contributed by atoms with E-state index in [1.807, 2.05) is 18.2 Å². The molecule has 0 aliphatic carbocycles. The van der Waals surface area contributed by atoms with Crippen molar-refractivity contribution >= 4 is 58.0 Å². The van der Waals surface area contributed by atoms with Crippen LogP contribution in [0.5, 0.6) is 0 Å². The third-order valence-electron chi connectivity index (χ3n) is 3.28. The van der Waals surface area contributed by atoms with Crippen LogP contribution in [0.1, 0.15) is 11.3 Å². The molecule has 2 N–H and O–H groups in total. The van der Waals surface area contributed by atoms with Gasteiger partial charge in [-0.05, 0) is 42.0 Å². The molecule has 0 unspecified atom stereocenters. The largest absolute Gasteiger partial charge is 0.467 e. The highest BCUT2D eigenvalue weighted by Crippen LogP contribution is 2.24. The molecular formula is C16H13Cl3N4OS. The van der Waals surface area contributed by atoms with Crippen LogP contribution in [0.15, 0.2) is 47.2 Å². The molecule has 1 aromatic carbocycles. The zero-order chi connectivity index (χ0) is 17.8. The van der Waals surface area contributed by atoms with E-state index in [9.17, 15) is 0 Å². The fourth-order valence-electron chi connectivity index (χ4n) is 2.12. The fourth-order valence-corrected chi connectivity index (χ4v) is 2.81. The number of nitrogens with one attached hydrogen (secondary N) is 2. The summed E-state index contributed by atoms with van der Waals surface area (Å²) >= 11 is 23.4. The van der Waals surface area contributed by atoms with Crippen LogP contribution in [-0.2, 0) is 13.1 Å². The van der Waals surface area contributed by atoms with E-state index in [-0.39, 0.29) is 0 Å². The van der Waals surface area contributed by atoms with Crippen LogP contribution in [0.25, 0.3) is 0 Å². The van der Waals surface area contributed by atoms with Gasteiger partial charge in [-0.2, -0.15) is 5.10 Å². The highest BCUT2D eigenvalue weighted by molar-refractivity contribution is 7.80. The number of thiocarbonyl (C=S) groups is 1. The van der Waals surface area contributed by atoms with Crippen LogP contribution < -0.4 is 10.6 Å². The highest BCUT2D eigenvalue weighted by atomic mass is 35.5. The van der Waals surface area contributed by atoms with E-state index in [4.69, 9.17) is 51.4 Å². The molecule has 0 aliphatic rings. The topological polar surface area (TPSA) is 55.0 Å². The average molecular weight is 416 g/mol. The molecular weight excluding hydrogens is 403 g/mol. The summed E-state index contributed by atoms with van der Waals surface area (Å²) in [5.41, 5.74) is 0.957. The summed E-state index contributed by atoms with van der Waals surface area (Å²) in [6.07, 6.45) is 3.32. The van der Waals surface area contributed by atoms with Crippen LogP contribution in [0.4, 0.5) is 5.82 Å². The number of nitrogens with zero attached hydrogens (tertiary/aromatic N) is 2. The van der Waals surface area contributed by atoms with Crippen LogP contribution in [0.2, 0.25) is 15.1 Å². The van der Waals surface area contributed by atoms with Gasteiger partial charge in [0.2, 0.25) is 0 Å². The van der Waals surface area contributed by atoms with Crippen LogP contribution in [-0.4, -0.2) is 14.9 Å². The molecule has 25 heavy (non-hydrogen) atoms. The van der Waals surface area contributed by atoms with Crippen molar-refractivity contribution in [2.45, 2.75) is 13.1 Å². The first-order valence-corrected chi connectivity index (χ1v) is 8.79. The highest BCUT2D eigenvalue weighted by Gasteiger charge is 2.10. The van der Waals surface area contributed by atoms with Gasteiger partial charge in [-0.3, -0.25) is 4.68 Å². The Bertz CT molecular complexity index is 880. The number of anilines is 1. The summed E-state index contributed by atoms with van der Waals surface area (Å²) in [6, 6.07) is 9.09. The Morgan fingerprint density at radius 3 is 2.72 bits per heavy atom. The van der Waals surface area contributed by atoms with Gasteiger partial charge in [-0.1, -0.05) is 40.9 Å². The summed E-state index contributed by atoms with van der Waals surface area (Å²) in [5, 5.41) is 12.2. The standard InChI is InChI=1S/C16H13Cl3N4OS/c17-12-4-3-10(6-13(12)18)8-23-9-14(19)15(22-23)21-16(25)20-7-11-2-1-5-24-11/h1-6,9H,7-8H2,(H2,20,21,22,25).